The van der Waals surface area contributed by atoms with Gasteiger partial charge in [0.05, 0.1) is 5.69 Å². The van der Waals surface area contributed by atoms with Gasteiger partial charge < -0.3 is 15.4 Å². The summed E-state index contributed by atoms with van der Waals surface area (Å²) in [6.45, 7) is 2.01. The monoisotopic (exact) mass is 403 g/mol. The Morgan fingerprint density at radius 3 is 2.89 bits per heavy atom. The number of aromatic nitrogens is 1. The van der Waals surface area contributed by atoms with Crippen molar-refractivity contribution < 1.29 is 14.3 Å². The van der Waals surface area contributed by atoms with Gasteiger partial charge in [-0.05, 0) is 50.8 Å². The van der Waals surface area contributed by atoms with Crippen LogP contribution in [0.2, 0.25) is 0 Å². The minimum Gasteiger partial charge on any atom is -0.482 e. The van der Waals surface area contributed by atoms with Gasteiger partial charge in [-0.1, -0.05) is 11.8 Å². The minimum atomic E-state index is -0.178. The summed E-state index contributed by atoms with van der Waals surface area (Å²) in [5, 5.41) is 8.53. The Balaban J connectivity index is 1.30. The number of anilines is 1. The van der Waals surface area contributed by atoms with Crippen LogP contribution in [0.1, 0.15) is 41.7 Å². The van der Waals surface area contributed by atoms with E-state index in [4.69, 9.17) is 4.74 Å². The lowest BCUT2D eigenvalue weighted by Crippen LogP contribution is -2.38. The molecule has 0 unspecified atom stereocenters. The average Bonchev–Trinajstić information content (AvgIpc) is 3.07. The lowest BCUT2D eigenvalue weighted by molar-refractivity contribution is -0.118. The Morgan fingerprint density at radius 1 is 1.33 bits per heavy atom. The van der Waals surface area contributed by atoms with E-state index in [0.29, 0.717) is 22.3 Å². The number of nitrogens with zero attached hydrogens (tertiary/aromatic N) is 1. The summed E-state index contributed by atoms with van der Waals surface area (Å²) in [6.07, 6.45) is 4.11. The molecule has 0 spiro atoms. The van der Waals surface area contributed by atoms with Crippen LogP contribution in [0, 0.1) is 6.92 Å². The van der Waals surface area contributed by atoms with E-state index < -0.39 is 0 Å². The van der Waals surface area contributed by atoms with E-state index in [0.717, 1.165) is 35.7 Å². The molecule has 2 aromatic rings. The van der Waals surface area contributed by atoms with Gasteiger partial charge in [0.2, 0.25) is 0 Å². The maximum atomic E-state index is 12.6. The Kier molecular flexibility index (Phi) is 5.36. The Labute approximate surface area is 166 Å². The highest BCUT2D eigenvalue weighted by Gasteiger charge is 2.25. The molecule has 6 nitrogen and oxygen atoms in total. The standard InChI is InChI=1S/C19H21N3O3S2/c1-11-10-26-19(20-11)27-14-5-3-13(4-6-14)21-18(24)12-2-7-15-16(8-12)25-9-17(23)22-15/h2,7-8,10,13-14H,3-6,9H2,1H3,(H,21,24)(H,22,23). The Bertz CT molecular complexity index is 860. The van der Waals surface area contributed by atoms with Crippen LogP contribution in [0.4, 0.5) is 5.69 Å². The van der Waals surface area contributed by atoms with E-state index in [2.05, 4.69) is 21.0 Å². The topological polar surface area (TPSA) is 80.3 Å². The second-order valence-corrected chi connectivity index (χ2v) is 9.27. The van der Waals surface area contributed by atoms with Crippen molar-refractivity contribution >= 4 is 40.6 Å². The number of carbonyl (C=O) groups is 2. The van der Waals surface area contributed by atoms with Crippen molar-refractivity contribution in [2.45, 2.75) is 48.2 Å². The van der Waals surface area contributed by atoms with Crippen LogP contribution in [-0.2, 0) is 4.79 Å². The molecule has 1 aromatic carbocycles. The summed E-state index contributed by atoms with van der Waals surface area (Å²) in [7, 11) is 0. The quantitative estimate of drug-likeness (QED) is 0.815. The maximum Gasteiger partial charge on any atom is 0.262 e. The number of ether oxygens (including phenoxy) is 1. The molecule has 1 aromatic heterocycles. The van der Waals surface area contributed by atoms with E-state index in [9.17, 15) is 9.59 Å². The van der Waals surface area contributed by atoms with E-state index in [-0.39, 0.29) is 24.5 Å². The van der Waals surface area contributed by atoms with Crippen molar-refractivity contribution in [1.82, 2.24) is 10.3 Å². The fraction of sp³-hybridized carbons (Fsp3) is 0.421. The van der Waals surface area contributed by atoms with Gasteiger partial charge >= 0.3 is 0 Å². The number of thioether (sulfide) groups is 1. The first-order chi connectivity index (χ1) is 13.1. The normalized spacial score (nSPS) is 21.7. The molecule has 1 aliphatic carbocycles. The van der Waals surface area contributed by atoms with Gasteiger partial charge in [-0.25, -0.2) is 4.98 Å². The number of thiazole rings is 1. The number of hydrogen-bond donors (Lipinski definition) is 2. The molecule has 0 bridgehead atoms. The zero-order valence-electron chi connectivity index (χ0n) is 15.0. The molecule has 0 radical (unpaired) electrons. The largest absolute Gasteiger partial charge is 0.482 e. The number of hydrogen-bond acceptors (Lipinski definition) is 6. The second kappa shape index (κ2) is 7.90. The van der Waals surface area contributed by atoms with Crippen LogP contribution in [0.5, 0.6) is 5.75 Å². The maximum absolute atomic E-state index is 12.6. The van der Waals surface area contributed by atoms with Crippen molar-refractivity contribution in [2.24, 2.45) is 0 Å². The number of benzene rings is 1. The number of rotatable bonds is 4. The van der Waals surface area contributed by atoms with Crippen LogP contribution in [0.25, 0.3) is 0 Å². The van der Waals surface area contributed by atoms with Crippen molar-refractivity contribution in [3.05, 3.63) is 34.8 Å². The zero-order chi connectivity index (χ0) is 18.8. The SMILES string of the molecule is Cc1csc(SC2CCC(NC(=O)c3ccc4c(c3)OCC(=O)N4)CC2)n1. The number of aryl methyl sites for hydroxylation is 1. The Morgan fingerprint density at radius 2 is 2.15 bits per heavy atom. The second-order valence-electron chi connectivity index (χ2n) is 6.87. The molecule has 0 atom stereocenters. The molecule has 8 heteroatoms. The summed E-state index contributed by atoms with van der Waals surface area (Å²) in [5.41, 5.74) is 2.24. The fourth-order valence-electron chi connectivity index (χ4n) is 3.34. The first-order valence-corrected chi connectivity index (χ1v) is 10.8. The van der Waals surface area contributed by atoms with Crippen molar-refractivity contribution in [3.8, 4) is 5.75 Å². The first kappa shape index (κ1) is 18.3. The van der Waals surface area contributed by atoms with Crippen molar-refractivity contribution in [3.63, 3.8) is 0 Å². The summed E-state index contributed by atoms with van der Waals surface area (Å²) in [4.78, 5) is 28.4. The molecule has 2 N–H and O–H groups in total. The molecule has 4 rings (SSSR count). The predicted molar refractivity (Wildman–Crippen MR) is 107 cm³/mol. The molecule has 27 heavy (non-hydrogen) atoms. The third-order valence-corrected chi connectivity index (χ3v) is 7.18. The Hall–Kier alpha value is -2.06. The van der Waals surface area contributed by atoms with Crippen LogP contribution >= 0.6 is 23.1 Å². The van der Waals surface area contributed by atoms with Gasteiger partial charge in [-0.15, -0.1) is 11.3 Å². The molecule has 2 amide bonds. The van der Waals surface area contributed by atoms with Gasteiger partial charge in [0.25, 0.3) is 11.8 Å². The van der Waals surface area contributed by atoms with Crippen LogP contribution in [0.15, 0.2) is 27.9 Å². The molecular formula is C19H21N3O3S2. The van der Waals surface area contributed by atoms with Crippen molar-refractivity contribution in [2.75, 3.05) is 11.9 Å². The van der Waals surface area contributed by atoms with E-state index in [1.165, 1.54) is 0 Å². The van der Waals surface area contributed by atoms with Gasteiger partial charge in [0.1, 0.15) is 10.1 Å². The number of amides is 2. The first-order valence-electron chi connectivity index (χ1n) is 9.03. The van der Waals surface area contributed by atoms with Crippen molar-refractivity contribution in [1.29, 1.82) is 0 Å². The summed E-state index contributed by atoms with van der Waals surface area (Å²) >= 11 is 3.57. The smallest absolute Gasteiger partial charge is 0.262 e. The molecule has 0 saturated heterocycles. The van der Waals surface area contributed by atoms with Crippen LogP contribution in [0.3, 0.4) is 0 Å². The third-order valence-electron chi connectivity index (χ3n) is 4.75. The number of carbonyl (C=O) groups excluding carboxylic acids is 2. The van der Waals surface area contributed by atoms with Gasteiger partial charge in [0, 0.05) is 27.9 Å². The summed E-state index contributed by atoms with van der Waals surface area (Å²) < 4.78 is 6.53. The van der Waals surface area contributed by atoms with Gasteiger partial charge in [-0.2, -0.15) is 0 Å². The highest BCUT2D eigenvalue weighted by atomic mass is 32.2. The summed E-state index contributed by atoms with van der Waals surface area (Å²) in [5.74, 6) is 0.272. The minimum absolute atomic E-state index is 0.0155. The van der Waals surface area contributed by atoms with Gasteiger partial charge in [0.15, 0.2) is 6.61 Å². The number of nitrogens with one attached hydrogen (secondary N) is 2. The highest BCUT2D eigenvalue weighted by molar-refractivity contribution is 8.01. The van der Waals surface area contributed by atoms with E-state index in [1.54, 1.807) is 29.5 Å². The van der Waals surface area contributed by atoms with E-state index >= 15 is 0 Å². The number of fused-ring (bicyclic) bond motifs is 1. The van der Waals surface area contributed by atoms with Crippen LogP contribution < -0.4 is 15.4 Å². The fourth-order valence-corrected chi connectivity index (χ4v) is 5.62. The third kappa shape index (κ3) is 4.44. The zero-order valence-corrected chi connectivity index (χ0v) is 16.6. The van der Waals surface area contributed by atoms with E-state index in [1.807, 2.05) is 18.7 Å². The molecule has 1 saturated carbocycles. The molecule has 1 fully saturated rings. The highest BCUT2D eigenvalue weighted by Crippen LogP contribution is 2.35. The molecule has 2 aliphatic rings. The lowest BCUT2D eigenvalue weighted by atomic mass is 9.94. The summed E-state index contributed by atoms with van der Waals surface area (Å²) in [6, 6.07) is 5.32. The van der Waals surface area contributed by atoms with Gasteiger partial charge in [-0.3, -0.25) is 9.59 Å². The molecular weight excluding hydrogens is 382 g/mol. The molecule has 142 valence electrons. The predicted octanol–water partition coefficient (Wildman–Crippen LogP) is 3.62. The van der Waals surface area contributed by atoms with Crippen LogP contribution in [-0.4, -0.2) is 34.7 Å². The molecule has 1 aliphatic heterocycles. The average molecular weight is 404 g/mol. The molecule has 2 heterocycles. The lowest BCUT2D eigenvalue weighted by Gasteiger charge is -2.28.